The second-order valence-corrected chi connectivity index (χ2v) is 3.53. The molecule has 0 atom stereocenters. The van der Waals surface area contributed by atoms with E-state index in [0.717, 1.165) is 4.68 Å². The van der Waals surface area contributed by atoms with Crippen LogP contribution in [0.1, 0.15) is 19.8 Å². The Kier molecular flexibility index (Phi) is 4.62. The van der Waals surface area contributed by atoms with Gasteiger partial charge in [-0.25, -0.2) is 9.48 Å². The molecule has 0 saturated carbocycles. The Hall–Kier alpha value is -1.92. The molecule has 94 valence electrons. The van der Waals surface area contributed by atoms with E-state index in [2.05, 4.69) is 5.10 Å². The number of ketones is 1. The lowest BCUT2D eigenvalue weighted by atomic mass is 10.2. The first kappa shape index (κ1) is 13.1. The quantitative estimate of drug-likeness (QED) is 0.627. The third kappa shape index (κ3) is 3.86. The highest BCUT2D eigenvalue weighted by molar-refractivity contribution is 5.82. The molecule has 0 aliphatic heterocycles. The van der Waals surface area contributed by atoms with Crippen molar-refractivity contribution in [3.05, 3.63) is 16.8 Å². The van der Waals surface area contributed by atoms with Crippen LogP contribution in [0.2, 0.25) is 0 Å². The molecule has 1 aromatic heterocycles. The molecule has 0 unspecified atom stereocenters. The predicted molar refractivity (Wildman–Crippen MR) is 58.3 cm³/mol. The molecule has 0 N–H and O–H groups in total. The van der Waals surface area contributed by atoms with Gasteiger partial charge in [-0.05, 0) is 6.92 Å². The molecule has 1 heterocycles. The number of esters is 1. The van der Waals surface area contributed by atoms with Crippen LogP contribution in [0.4, 0.5) is 0 Å². The fourth-order valence-electron chi connectivity index (χ4n) is 1.25. The van der Waals surface area contributed by atoms with Crippen LogP contribution in [0.25, 0.3) is 0 Å². The first-order valence-electron chi connectivity index (χ1n) is 5.30. The summed E-state index contributed by atoms with van der Waals surface area (Å²) in [6.07, 6.45) is 1.43. The van der Waals surface area contributed by atoms with E-state index in [4.69, 9.17) is 4.74 Å². The molecule has 0 amide bonds. The molecule has 7 nitrogen and oxygen atoms in total. The van der Waals surface area contributed by atoms with Crippen LogP contribution in [0, 0.1) is 0 Å². The number of rotatable bonds is 6. The van der Waals surface area contributed by atoms with Crippen LogP contribution in [0.3, 0.4) is 0 Å². The van der Waals surface area contributed by atoms with E-state index in [1.165, 1.54) is 10.9 Å². The SMILES string of the molecule is CCOC(=O)CCC(=O)Cn1ncn(C)c1=O. The number of carbonyl (C=O) groups is 2. The molecule has 0 aliphatic rings. The van der Waals surface area contributed by atoms with Crippen molar-refractivity contribution < 1.29 is 14.3 Å². The number of ether oxygens (including phenoxy) is 1. The number of hydrogen-bond donors (Lipinski definition) is 0. The Balaban J connectivity index is 2.43. The van der Waals surface area contributed by atoms with Crippen molar-refractivity contribution in [2.24, 2.45) is 7.05 Å². The summed E-state index contributed by atoms with van der Waals surface area (Å²) in [4.78, 5) is 33.8. The molecule has 0 saturated heterocycles. The summed E-state index contributed by atoms with van der Waals surface area (Å²) in [6.45, 7) is 1.89. The van der Waals surface area contributed by atoms with Gasteiger partial charge in [0, 0.05) is 13.5 Å². The molecule has 0 fully saturated rings. The van der Waals surface area contributed by atoms with Crippen molar-refractivity contribution in [2.75, 3.05) is 6.61 Å². The first-order valence-corrected chi connectivity index (χ1v) is 5.30. The molecule has 1 rings (SSSR count). The van der Waals surface area contributed by atoms with E-state index in [0.29, 0.717) is 6.61 Å². The maximum absolute atomic E-state index is 11.5. The standard InChI is InChI=1S/C10H15N3O4/c1-3-17-9(15)5-4-8(14)6-13-10(16)12(2)7-11-13/h7H,3-6H2,1-2H3. The van der Waals surface area contributed by atoms with Gasteiger partial charge >= 0.3 is 11.7 Å². The fourth-order valence-corrected chi connectivity index (χ4v) is 1.25. The van der Waals surface area contributed by atoms with Gasteiger partial charge < -0.3 is 4.74 Å². The maximum atomic E-state index is 11.5. The van der Waals surface area contributed by atoms with Crippen molar-refractivity contribution in [1.29, 1.82) is 0 Å². The summed E-state index contributed by atoms with van der Waals surface area (Å²) >= 11 is 0. The zero-order valence-corrected chi connectivity index (χ0v) is 9.88. The topological polar surface area (TPSA) is 83.2 Å². The minimum Gasteiger partial charge on any atom is -0.466 e. The summed E-state index contributed by atoms with van der Waals surface area (Å²) in [5.41, 5.74) is -0.352. The van der Waals surface area contributed by atoms with Crippen molar-refractivity contribution >= 4 is 11.8 Å². The van der Waals surface area contributed by atoms with Crippen LogP contribution in [0.5, 0.6) is 0 Å². The lowest BCUT2D eigenvalue weighted by Crippen LogP contribution is -2.26. The zero-order valence-electron chi connectivity index (χ0n) is 9.88. The number of aryl methyl sites for hydroxylation is 1. The molecular formula is C10H15N3O4. The molecule has 0 radical (unpaired) electrons. The number of hydrogen-bond acceptors (Lipinski definition) is 5. The monoisotopic (exact) mass is 241 g/mol. The van der Waals surface area contributed by atoms with Crippen LogP contribution in [-0.4, -0.2) is 32.7 Å². The molecule has 0 bridgehead atoms. The molecule has 7 heteroatoms. The number of carbonyl (C=O) groups excluding carboxylic acids is 2. The molecule has 1 aromatic rings. The minimum atomic E-state index is -0.408. The summed E-state index contributed by atoms with van der Waals surface area (Å²) < 4.78 is 7.03. The van der Waals surface area contributed by atoms with Gasteiger partial charge in [-0.2, -0.15) is 5.10 Å². The third-order valence-corrected chi connectivity index (χ3v) is 2.13. The number of nitrogens with zero attached hydrogens (tertiary/aromatic N) is 3. The molecule has 17 heavy (non-hydrogen) atoms. The summed E-state index contributed by atoms with van der Waals surface area (Å²) in [7, 11) is 1.55. The van der Waals surface area contributed by atoms with Gasteiger partial charge in [-0.1, -0.05) is 0 Å². The molecule has 0 aromatic carbocycles. The van der Waals surface area contributed by atoms with Crippen LogP contribution in [0.15, 0.2) is 11.1 Å². The average molecular weight is 241 g/mol. The zero-order chi connectivity index (χ0) is 12.8. The average Bonchev–Trinajstić information content (AvgIpc) is 2.59. The second kappa shape index (κ2) is 5.97. The Morgan fingerprint density at radius 1 is 1.41 bits per heavy atom. The van der Waals surface area contributed by atoms with Crippen LogP contribution in [-0.2, 0) is 27.9 Å². The number of Topliss-reactive ketones (excluding diaryl/α,β-unsaturated/α-hetero) is 1. The van der Waals surface area contributed by atoms with E-state index < -0.39 is 5.97 Å². The van der Waals surface area contributed by atoms with Gasteiger partial charge in [0.15, 0.2) is 5.78 Å². The number of aromatic nitrogens is 3. The van der Waals surface area contributed by atoms with E-state index in [1.54, 1.807) is 14.0 Å². The lowest BCUT2D eigenvalue weighted by molar-refractivity contribution is -0.144. The molecule has 0 spiro atoms. The van der Waals surface area contributed by atoms with Gasteiger partial charge in [0.1, 0.15) is 12.9 Å². The Morgan fingerprint density at radius 2 is 2.12 bits per heavy atom. The summed E-state index contributed by atoms with van der Waals surface area (Å²) in [5.74, 6) is -0.631. The Labute approximate surface area is 98.0 Å². The van der Waals surface area contributed by atoms with Gasteiger partial charge in [0.05, 0.1) is 13.0 Å². The summed E-state index contributed by atoms with van der Waals surface area (Å²) in [5, 5.41) is 3.75. The highest BCUT2D eigenvalue weighted by Gasteiger charge is 2.10. The van der Waals surface area contributed by atoms with Crippen LogP contribution >= 0.6 is 0 Å². The van der Waals surface area contributed by atoms with E-state index in [1.807, 2.05) is 0 Å². The first-order chi connectivity index (χ1) is 8.04. The van der Waals surface area contributed by atoms with Crippen LogP contribution < -0.4 is 5.69 Å². The van der Waals surface area contributed by atoms with Crippen molar-refractivity contribution in [2.45, 2.75) is 26.3 Å². The smallest absolute Gasteiger partial charge is 0.345 e. The predicted octanol–water partition coefficient (Wildman–Crippen LogP) is -0.506. The van der Waals surface area contributed by atoms with Gasteiger partial charge in [0.25, 0.3) is 0 Å². The van der Waals surface area contributed by atoms with Crippen molar-refractivity contribution in [3.8, 4) is 0 Å². The molecular weight excluding hydrogens is 226 g/mol. The Morgan fingerprint density at radius 3 is 2.65 bits per heavy atom. The van der Waals surface area contributed by atoms with E-state index in [-0.39, 0.29) is 30.9 Å². The van der Waals surface area contributed by atoms with Gasteiger partial charge in [-0.3, -0.25) is 14.2 Å². The normalized spacial score (nSPS) is 10.2. The van der Waals surface area contributed by atoms with Gasteiger partial charge in [0.2, 0.25) is 0 Å². The van der Waals surface area contributed by atoms with E-state index >= 15 is 0 Å². The highest BCUT2D eigenvalue weighted by Crippen LogP contribution is 1.95. The lowest BCUT2D eigenvalue weighted by Gasteiger charge is -2.01. The van der Waals surface area contributed by atoms with E-state index in [9.17, 15) is 14.4 Å². The minimum absolute atomic E-state index is 0.0360. The van der Waals surface area contributed by atoms with Crippen molar-refractivity contribution in [1.82, 2.24) is 14.3 Å². The highest BCUT2D eigenvalue weighted by atomic mass is 16.5. The molecule has 0 aliphatic carbocycles. The second-order valence-electron chi connectivity index (χ2n) is 3.53. The van der Waals surface area contributed by atoms with Crippen molar-refractivity contribution in [3.63, 3.8) is 0 Å². The van der Waals surface area contributed by atoms with Gasteiger partial charge in [-0.15, -0.1) is 0 Å². The largest absolute Gasteiger partial charge is 0.466 e. The maximum Gasteiger partial charge on any atom is 0.345 e. The Bertz CT molecular complexity index is 460. The summed E-state index contributed by atoms with van der Waals surface area (Å²) in [6, 6.07) is 0. The third-order valence-electron chi connectivity index (χ3n) is 2.13. The fraction of sp³-hybridized carbons (Fsp3) is 0.600.